The van der Waals surface area contributed by atoms with Crippen LogP contribution in [0.1, 0.15) is 19.4 Å². The van der Waals surface area contributed by atoms with Crippen LogP contribution in [0.5, 0.6) is 0 Å². The number of hydrogen-bond donors (Lipinski definition) is 1. The summed E-state index contributed by atoms with van der Waals surface area (Å²) in [7, 11) is 0. The summed E-state index contributed by atoms with van der Waals surface area (Å²) in [6, 6.07) is 8.10. The lowest BCUT2D eigenvalue weighted by Gasteiger charge is -2.38. The zero-order valence-corrected chi connectivity index (χ0v) is 11.8. The van der Waals surface area contributed by atoms with E-state index in [1.165, 1.54) is 0 Å². The minimum Gasteiger partial charge on any atom is -0.336 e. The average Bonchev–Trinajstić information content (AvgIpc) is 2.25. The van der Waals surface area contributed by atoms with E-state index >= 15 is 0 Å². The van der Waals surface area contributed by atoms with Gasteiger partial charge in [0.25, 0.3) is 0 Å². The molecule has 0 saturated carbocycles. The predicted molar refractivity (Wildman–Crippen MR) is 71.6 cm³/mol. The first-order valence-electron chi connectivity index (χ1n) is 5.78. The van der Waals surface area contributed by atoms with E-state index in [2.05, 4.69) is 27.3 Å². The van der Waals surface area contributed by atoms with Gasteiger partial charge in [0.2, 0.25) is 5.91 Å². The van der Waals surface area contributed by atoms with Crippen molar-refractivity contribution in [3.8, 4) is 0 Å². The summed E-state index contributed by atoms with van der Waals surface area (Å²) in [5.74, 6) is 0.170. The normalized spacial score (nSPS) is 19.5. The van der Waals surface area contributed by atoms with E-state index in [0.717, 1.165) is 23.1 Å². The minimum atomic E-state index is -0.440. The topological polar surface area (TPSA) is 32.3 Å². The fourth-order valence-corrected chi connectivity index (χ4v) is 2.53. The van der Waals surface area contributed by atoms with E-state index in [4.69, 9.17) is 0 Å². The first-order chi connectivity index (χ1) is 7.99. The van der Waals surface area contributed by atoms with Gasteiger partial charge in [0.15, 0.2) is 0 Å². The quantitative estimate of drug-likeness (QED) is 0.907. The van der Waals surface area contributed by atoms with Crippen LogP contribution in [-0.4, -0.2) is 29.4 Å². The lowest BCUT2D eigenvalue weighted by atomic mass is 10.0. The Morgan fingerprint density at radius 1 is 1.47 bits per heavy atom. The number of rotatable bonds is 2. The second kappa shape index (κ2) is 4.78. The van der Waals surface area contributed by atoms with E-state index in [1.54, 1.807) is 0 Å². The van der Waals surface area contributed by atoms with E-state index in [9.17, 15) is 4.79 Å². The van der Waals surface area contributed by atoms with Crippen LogP contribution in [-0.2, 0) is 11.3 Å². The van der Waals surface area contributed by atoms with Crippen LogP contribution in [0.2, 0.25) is 0 Å². The summed E-state index contributed by atoms with van der Waals surface area (Å²) in [4.78, 5) is 14.1. The van der Waals surface area contributed by atoms with Gasteiger partial charge in [-0.25, -0.2) is 0 Å². The molecule has 0 unspecified atom stereocenters. The third kappa shape index (κ3) is 2.87. The van der Waals surface area contributed by atoms with E-state index < -0.39 is 5.54 Å². The van der Waals surface area contributed by atoms with Gasteiger partial charge in [-0.2, -0.15) is 0 Å². The summed E-state index contributed by atoms with van der Waals surface area (Å²) < 4.78 is 1.05. The van der Waals surface area contributed by atoms with E-state index in [-0.39, 0.29) is 5.91 Å². The Hall–Kier alpha value is -0.870. The van der Waals surface area contributed by atoms with Crippen molar-refractivity contribution < 1.29 is 4.79 Å². The summed E-state index contributed by atoms with van der Waals surface area (Å²) in [6.07, 6.45) is 0. The highest BCUT2D eigenvalue weighted by Gasteiger charge is 2.34. The van der Waals surface area contributed by atoms with Crippen molar-refractivity contribution in [1.82, 2.24) is 10.2 Å². The first kappa shape index (κ1) is 12.6. The van der Waals surface area contributed by atoms with Gasteiger partial charge in [-0.05, 0) is 31.5 Å². The van der Waals surface area contributed by atoms with Crippen LogP contribution < -0.4 is 5.32 Å². The highest BCUT2D eigenvalue weighted by atomic mass is 79.9. The molecule has 1 fully saturated rings. The van der Waals surface area contributed by atoms with Crippen molar-refractivity contribution in [3.63, 3.8) is 0 Å². The molecule has 3 nitrogen and oxygen atoms in total. The largest absolute Gasteiger partial charge is 0.336 e. The van der Waals surface area contributed by atoms with Crippen LogP contribution in [0.25, 0.3) is 0 Å². The highest BCUT2D eigenvalue weighted by molar-refractivity contribution is 9.10. The molecule has 1 saturated heterocycles. The molecule has 0 atom stereocenters. The summed E-state index contributed by atoms with van der Waals surface area (Å²) in [6.45, 7) is 6.18. The standard InChI is InChI=1S/C13H17BrN2O/c1-13(2)12(17)16(7-6-15-13)9-10-4-3-5-11(14)8-10/h3-5,8,15H,6-7,9H2,1-2H3. The van der Waals surface area contributed by atoms with Crippen LogP contribution in [0.4, 0.5) is 0 Å². The molecule has 1 N–H and O–H groups in total. The molecule has 0 spiro atoms. The fourth-order valence-electron chi connectivity index (χ4n) is 2.08. The molecule has 2 rings (SSSR count). The maximum absolute atomic E-state index is 12.2. The zero-order chi connectivity index (χ0) is 12.5. The molecule has 0 bridgehead atoms. The Kier molecular flexibility index (Phi) is 3.54. The van der Waals surface area contributed by atoms with Gasteiger partial charge in [-0.15, -0.1) is 0 Å². The van der Waals surface area contributed by atoms with E-state index in [1.807, 2.05) is 36.9 Å². The number of carbonyl (C=O) groups is 1. The van der Waals surface area contributed by atoms with Crippen molar-refractivity contribution in [2.24, 2.45) is 0 Å². The molecule has 1 aliphatic heterocycles. The molecule has 4 heteroatoms. The Morgan fingerprint density at radius 3 is 2.94 bits per heavy atom. The summed E-state index contributed by atoms with van der Waals surface area (Å²) >= 11 is 3.45. The second-order valence-corrected chi connectivity index (χ2v) is 5.82. The van der Waals surface area contributed by atoms with Crippen LogP contribution in [0.15, 0.2) is 28.7 Å². The number of nitrogens with one attached hydrogen (secondary N) is 1. The molecule has 0 aromatic heterocycles. The monoisotopic (exact) mass is 296 g/mol. The van der Waals surface area contributed by atoms with Crippen molar-refractivity contribution in [2.75, 3.05) is 13.1 Å². The number of hydrogen-bond acceptors (Lipinski definition) is 2. The Labute approximate surface area is 110 Å². The Bertz CT molecular complexity index is 431. The van der Waals surface area contributed by atoms with Crippen LogP contribution >= 0.6 is 15.9 Å². The van der Waals surface area contributed by atoms with E-state index in [0.29, 0.717) is 6.54 Å². The lowest BCUT2D eigenvalue weighted by molar-refractivity contribution is -0.140. The molecule has 1 heterocycles. The van der Waals surface area contributed by atoms with Gasteiger partial charge in [0.1, 0.15) is 0 Å². The van der Waals surface area contributed by atoms with Crippen molar-refractivity contribution in [3.05, 3.63) is 34.3 Å². The molecular weight excluding hydrogens is 280 g/mol. The summed E-state index contributed by atoms with van der Waals surface area (Å²) in [5.41, 5.74) is 0.718. The maximum atomic E-state index is 12.2. The fraction of sp³-hybridized carbons (Fsp3) is 0.462. The van der Waals surface area contributed by atoms with Gasteiger partial charge in [0.05, 0.1) is 5.54 Å². The number of piperazine rings is 1. The van der Waals surface area contributed by atoms with Gasteiger partial charge >= 0.3 is 0 Å². The molecule has 1 amide bonds. The molecule has 1 aliphatic rings. The Morgan fingerprint density at radius 2 is 2.24 bits per heavy atom. The predicted octanol–water partition coefficient (Wildman–Crippen LogP) is 2.16. The molecule has 0 aliphatic carbocycles. The van der Waals surface area contributed by atoms with Crippen molar-refractivity contribution in [1.29, 1.82) is 0 Å². The molecule has 92 valence electrons. The first-order valence-corrected chi connectivity index (χ1v) is 6.57. The van der Waals surface area contributed by atoms with Crippen molar-refractivity contribution >= 4 is 21.8 Å². The molecule has 1 aromatic rings. The van der Waals surface area contributed by atoms with Gasteiger partial charge in [-0.3, -0.25) is 4.79 Å². The lowest BCUT2D eigenvalue weighted by Crippen LogP contribution is -2.60. The Balaban J connectivity index is 2.11. The van der Waals surface area contributed by atoms with Crippen LogP contribution in [0, 0.1) is 0 Å². The highest BCUT2D eigenvalue weighted by Crippen LogP contribution is 2.17. The average molecular weight is 297 g/mol. The zero-order valence-electron chi connectivity index (χ0n) is 10.2. The van der Waals surface area contributed by atoms with Gasteiger partial charge in [0, 0.05) is 24.1 Å². The van der Waals surface area contributed by atoms with Gasteiger partial charge < -0.3 is 10.2 Å². The number of halogens is 1. The number of benzene rings is 1. The number of carbonyl (C=O) groups excluding carboxylic acids is 1. The molecule has 1 aromatic carbocycles. The minimum absolute atomic E-state index is 0.170. The summed E-state index contributed by atoms with van der Waals surface area (Å²) in [5, 5.41) is 3.23. The smallest absolute Gasteiger partial charge is 0.242 e. The van der Waals surface area contributed by atoms with Crippen LogP contribution in [0.3, 0.4) is 0 Å². The van der Waals surface area contributed by atoms with Crippen molar-refractivity contribution in [2.45, 2.75) is 25.9 Å². The maximum Gasteiger partial charge on any atom is 0.242 e. The number of nitrogens with zero attached hydrogens (tertiary/aromatic N) is 1. The molecular formula is C13H17BrN2O. The molecule has 17 heavy (non-hydrogen) atoms. The second-order valence-electron chi connectivity index (χ2n) is 4.91. The SMILES string of the molecule is CC1(C)NCCN(Cc2cccc(Br)c2)C1=O. The third-order valence-corrected chi connectivity index (χ3v) is 3.53. The third-order valence-electron chi connectivity index (χ3n) is 3.03. The molecule has 0 radical (unpaired) electrons. The van der Waals surface area contributed by atoms with Gasteiger partial charge in [-0.1, -0.05) is 28.1 Å². The number of amides is 1.